The van der Waals surface area contributed by atoms with Gasteiger partial charge < -0.3 is 11.1 Å². The van der Waals surface area contributed by atoms with Gasteiger partial charge in [-0.1, -0.05) is 36.4 Å². The summed E-state index contributed by atoms with van der Waals surface area (Å²) in [7, 11) is 0. The molecule has 0 saturated carbocycles. The summed E-state index contributed by atoms with van der Waals surface area (Å²) in [5.74, 6) is -3.95. The smallest absolute Gasteiger partial charge is 0.255 e. The van der Waals surface area contributed by atoms with E-state index in [0.29, 0.717) is 12.8 Å². The van der Waals surface area contributed by atoms with Crippen LogP contribution in [0.3, 0.4) is 0 Å². The van der Waals surface area contributed by atoms with Gasteiger partial charge in [0.15, 0.2) is 11.6 Å². The number of hydrogen-bond acceptors (Lipinski definition) is 2. The first kappa shape index (κ1) is 17.6. The second-order valence-corrected chi connectivity index (χ2v) is 5.41. The minimum absolute atomic E-state index is 0.312. The third-order valence-electron chi connectivity index (χ3n) is 3.65. The maximum atomic E-state index is 13.6. The van der Waals surface area contributed by atoms with Gasteiger partial charge in [-0.2, -0.15) is 0 Å². The predicted octanol–water partition coefficient (Wildman–Crippen LogP) is 2.57. The molecule has 0 heterocycles. The van der Waals surface area contributed by atoms with Gasteiger partial charge in [0.05, 0.1) is 5.56 Å². The van der Waals surface area contributed by atoms with Crippen LogP contribution in [0.2, 0.25) is 0 Å². The number of primary amides is 1. The molecule has 2 aromatic rings. The molecule has 2 amide bonds. The zero-order valence-corrected chi connectivity index (χ0v) is 13.0. The van der Waals surface area contributed by atoms with Crippen LogP contribution in [0.4, 0.5) is 8.78 Å². The van der Waals surface area contributed by atoms with E-state index in [-0.39, 0.29) is 0 Å². The van der Waals surface area contributed by atoms with Crippen molar-refractivity contribution in [2.45, 2.75) is 25.3 Å². The first-order valence-corrected chi connectivity index (χ1v) is 7.57. The molecular formula is C18H18F2N2O2. The van der Waals surface area contributed by atoms with Crippen molar-refractivity contribution >= 4 is 11.8 Å². The maximum Gasteiger partial charge on any atom is 0.255 e. The minimum Gasteiger partial charge on any atom is -0.368 e. The number of rotatable bonds is 7. The highest BCUT2D eigenvalue weighted by atomic mass is 19.2. The summed E-state index contributed by atoms with van der Waals surface area (Å²) in [5.41, 5.74) is 5.93. The minimum atomic E-state index is -1.25. The molecular weight excluding hydrogens is 314 g/mol. The molecule has 0 fully saturated rings. The van der Waals surface area contributed by atoms with Gasteiger partial charge in [-0.3, -0.25) is 9.59 Å². The van der Waals surface area contributed by atoms with Crippen molar-refractivity contribution < 1.29 is 18.4 Å². The van der Waals surface area contributed by atoms with Crippen LogP contribution in [0.5, 0.6) is 0 Å². The number of nitrogens with two attached hydrogens (primary N) is 1. The van der Waals surface area contributed by atoms with E-state index in [0.717, 1.165) is 24.1 Å². The zero-order chi connectivity index (χ0) is 17.5. The second kappa shape index (κ2) is 8.19. The van der Waals surface area contributed by atoms with Crippen molar-refractivity contribution in [1.29, 1.82) is 0 Å². The van der Waals surface area contributed by atoms with Crippen LogP contribution in [0.25, 0.3) is 0 Å². The molecule has 0 aromatic heterocycles. The summed E-state index contributed by atoms with van der Waals surface area (Å²) in [6.07, 6.45) is 1.64. The van der Waals surface area contributed by atoms with Crippen molar-refractivity contribution in [3.63, 3.8) is 0 Å². The van der Waals surface area contributed by atoms with Gasteiger partial charge >= 0.3 is 0 Å². The van der Waals surface area contributed by atoms with Gasteiger partial charge in [0.2, 0.25) is 5.91 Å². The molecule has 2 rings (SSSR count). The summed E-state index contributed by atoms with van der Waals surface area (Å²) in [6.45, 7) is 0. The highest BCUT2D eigenvalue weighted by molar-refractivity contribution is 5.97. The lowest BCUT2D eigenvalue weighted by atomic mass is 10.0. The summed E-state index contributed by atoms with van der Waals surface area (Å²) in [4.78, 5) is 23.5. The summed E-state index contributed by atoms with van der Waals surface area (Å²) >= 11 is 0. The number of carbonyl (C=O) groups excluding carboxylic acids is 2. The number of amides is 2. The lowest BCUT2D eigenvalue weighted by Gasteiger charge is -2.16. The first-order valence-electron chi connectivity index (χ1n) is 7.57. The molecule has 2 aromatic carbocycles. The van der Waals surface area contributed by atoms with Crippen molar-refractivity contribution in [3.05, 3.63) is 71.3 Å². The Bertz CT molecular complexity index is 720. The zero-order valence-electron chi connectivity index (χ0n) is 13.0. The van der Waals surface area contributed by atoms with Gasteiger partial charge in [0.25, 0.3) is 5.91 Å². The average Bonchev–Trinajstić information content (AvgIpc) is 2.57. The predicted molar refractivity (Wildman–Crippen MR) is 86.2 cm³/mol. The van der Waals surface area contributed by atoms with E-state index in [1.54, 1.807) is 0 Å². The van der Waals surface area contributed by atoms with Gasteiger partial charge in [0, 0.05) is 0 Å². The third-order valence-corrected chi connectivity index (χ3v) is 3.65. The largest absolute Gasteiger partial charge is 0.368 e. The van der Waals surface area contributed by atoms with Crippen LogP contribution >= 0.6 is 0 Å². The number of hydrogen-bond donors (Lipinski definition) is 2. The van der Waals surface area contributed by atoms with Crippen molar-refractivity contribution in [2.75, 3.05) is 0 Å². The van der Waals surface area contributed by atoms with Gasteiger partial charge in [-0.25, -0.2) is 8.78 Å². The second-order valence-electron chi connectivity index (χ2n) is 5.41. The molecule has 0 aliphatic heterocycles. The van der Waals surface area contributed by atoms with Crippen molar-refractivity contribution in [1.82, 2.24) is 5.32 Å². The Morgan fingerprint density at radius 1 is 1.04 bits per heavy atom. The molecule has 0 unspecified atom stereocenters. The van der Waals surface area contributed by atoms with E-state index in [1.807, 2.05) is 30.3 Å². The molecule has 0 spiro atoms. The molecule has 0 aliphatic carbocycles. The fourth-order valence-corrected chi connectivity index (χ4v) is 2.36. The highest BCUT2D eigenvalue weighted by Crippen LogP contribution is 2.12. The Kier molecular flexibility index (Phi) is 6.01. The summed E-state index contributed by atoms with van der Waals surface area (Å²) in [6, 6.07) is 12.0. The number of carbonyl (C=O) groups is 2. The van der Waals surface area contributed by atoms with Crippen LogP contribution in [0.1, 0.15) is 28.8 Å². The summed E-state index contributed by atoms with van der Waals surface area (Å²) < 4.78 is 26.8. The van der Waals surface area contributed by atoms with E-state index < -0.39 is 35.1 Å². The monoisotopic (exact) mass is 332 g/mol. The van der Waals surface area contributed by atoms with Gasteiger partial charge in [-0.05, 0) is 37.0 Å². The molecule has 24 heavy (non-hydrogen) atoms. The Hall–Kier alpha value is -2.76. The Morgan fingerprint density at radius 3 is 2.42 bits per heavy atom. The fraction of sp³-hybridized carbons (Fsp3) is 0.222. The van der Waals surface area contributed by atoms with Crippen LogP contribution in [-0.4, -0.2) is 17.9 Å². The molecule has 3 N–H and O–H groups in total. The molecule has 0 aliphatic rings. The lowest BCUT2D eigenvalue weighted by molar-refractivity contribution is -0.120. The molecule has 0 radical (unpaired) electrons. The average molecular weight is 332 g/mol. The molecule has 1 atom stereocenters. The lowest BCUT2D eigenvalue weighted by Crippen LogP contribution is -2.44. The van der Waals surface area contributed by atoms with E-state index in [2.05, 4.69) is 5.32 Å². The molecule has 0 bridgehead atoms. The highest BCUT2D eigenvalue weighted by Gasteiger charge is 2.21. The number of halogens is 2. The van der Waals surface area contributed by atoms with Crippen molar-refractivity contribution in [3.8, 4) is 0 Å². The molecule has 126 valence electrons. The van der Waals surface area contributed by atoms with E-state index in [4.69, 9.17) is 5.73 Å². The number of nitrogens with one attached hydrogen (secondary N) is 1. The third kappa shape index (κ3) is 4.62. The van der Waals surface area contributed by atoms with Gasteiger partial charge in [0.1, 0.15) is 6.04 Å². The van der Waals surface area contributed by atoms with E-state index in [9.17, 15) is 18.4 Å². The number of aryl methyl sites for hydroxylation is 1. The Balaban J connectivity index is 1.96. The van der Waals surface area contributed by atoms with Crippen LogP contribution in [0.15, 0.2) is 48.5 Å². The van der Waals surface area contributed by atoms with E-state index in [1.165, 1.54) is 6.07 Å². The van der Waals surface area contributed by atoms with Gasteiger partial charge in [-0.15, -0.1) is 0 Å². The Morgan fingerprint density at radius 2 is 1.75 bits per heavy atom. The van der Waals surface area contributed by atoms with Crippen LogP contribution in [0, 0.1) is 11.6 Å². The molecule has 6 heteroatoms. The maximum absolute atomic E-state index is 13.6. The molecule has 0 saturated heterocycles. The normalized spacial score (nSPS) is 11.8. The van der Waals surface area contributed by atoms with Crippen molar-refractivity contribution in [2.24, 2.45) is 5.73 Å². The van der Waals surface area contributed by atoms with Crippen LogP contribution in [-0.2, 0) is 11.2 Å². The Labute approximate surface area is 138 Å². The summed E-state index contributed by atoms with van der Waals surface area (Å²) in [5, 5.41) is 2.37. The first-order chi connectivity index (χ1) is 11.5. The standard InChI is InChI=1S/C18H18F2N2O2/c19-14-10-5-9-13(16(14)20)18(24)22-15(17(21)23)11-4-8-12-6-2-1-3-7-12/h1-3,5-7,9-10,15H,4,8,11H2,(H2,21,23)(H,22,24)/t15-/m0/s1. The topological polar surface area (TPSA) is 72.2 Å². The number of benzene rings is 2. The molecule has 4 nitrogen and oxygen atoms in total. The fourth-order valence-electron chi connectivity index (χ4n) is 2.36. The van der Waals surface area contributed by atoms with E-state index >= 15 is 0 Å². The SMILES string of the molecule is NC(=O)[C@H](CCCc1ccccc1)NC(=O)c1cccc(F)c1F. The van der Waals surface area contributed by atoms with Crippen LogP contribution < -0.4 is 11.1 Å². The quantitative estimate of drug-likeness (QED) is 0.818.